The fraction of sp³-hybridized carbons (Fsp3) is 0.516. The van der Waals surface area contributed by atoms with E-state index in [-0.39, 0.29) is 32.5 Å². The second-order valence-corrected chi connectivity index (χ2v) is 30.3. The molecule has 0 heterocycles. The average Bonchev–Trinajstić information content (AvgIpc) is 3.81. The van der Waals surface area contributed by atoms with Crippen molar-refractivity contribution >= 4 is 48.1 Å². The molecule has 0 bridgehead atoms. The molecule has 0 aromatic heterocycles. The molecule has 0 saturated carbocycles. The van der Waals surface area contributed by atoms with Crippen LogP contribution >= 0.6 is 17.0 Å². The maximum absolute atomic E-state index is 4.93. The van der Waals surface area contributed by atoms with E-state index in [1.807, 2.05) is 0 Å². The van der Waals surface area contributed by atoms with Crippen molar-refractivity contribution in [3.63, 3.8) is 0 Å². The molecule has 2 radical (unpaired) electrons. The molecule has 0 spiro atoms. The number of rotatable bonds is 4. The van der Waals surface area contributed by atoms with E-state index in [1.54, 1.807) is 0 Å². The van der Waals surface area contributed by atoms with Gasteiger partial charge in [0.2, 0.25) is 0 Å². The normalized spacial score (nSPS) is 12.7. The van der Waals surface area contributed by atoms with Gasteiger partial charge < -0.3 is 0 Å². The van der Waals surface area contributed by atoms with Crippen molar-refractivity contribution < 1.29 is 20.8 Å². The van der Waals surface area contributed by atoms with E-state index in [4.69, 9.17) is 17.0 Å². The van der Waals surface area contributed by atoms with Crippen LogP contribution in [0.5, 0.6) is 0 Å². The van der Waals surface area contributed by atoms with E-state index < -0.39 is 20.8 Å². The molecule has 358 valence electrons. The SMILES string of the molecule is CC(C)c1cc2c(-c3cc(C(C)(C)C)cc(C(C)(C)C)c3)c(C(C)(C)C)ccc2[cH-]1.CC(C)c1cc2c(-c3cc(C(C)(C)C)cc(C(C)(C)C)c3)c(C(C)(C)C)ccc2[cH-]1.C[Si]C.[Cl][Zr+2][Cl]. The molecule has 0 N–H and O–H groups in total. The van der Waals surface area contributed by atoms with Crippen LogP contribution in [0.4, 0.5) is 0 Å². The Morgan fingerprint density at radius 1 is 0.409 bits per heavy atom. The zero-order valence-electron chi connectivity index (χ0n) is 46.0. The molecule has 0 aliphatic heterocycles. The van der Waals surface area contributed by atoms with Gasteiger partial charge in [-0.1, -0.05) is 224 Å². The van der Waals surface area contributed by atoms with E-state index in [0.29, 0.717) is 11.8 Å². The Hall–Kier alpha value is -2.22. The Morgan fingerprint density at radius 3 is 0.848 bits per heavy atom. The number of hydrogen-bond acceptors (Lipinski definition) is 0. The van der Waals surface area contributed by atoms with Gasteiger partial charge in [0.1, 0.15) is 0 Å². The Balaban J connectivity index is 0.000000313. The first-order valence-corrected chi connectivity index (χ1v) is 32.7. The molecule has 4 heteroatoms. The number of benzene rings is 4. The molecule has 0 fully saturated rings. The Labute approximate surface area is 427 Å². The summed E-state index contributed by atoms with van der Waals surface area (Å²) in [4.78, 5) is 0. The third-order valence-electron chi connectivity index (χ3n) is 12.7. The topological polar surface area (TPSA) is 0 Å². The zero-order chi connectivity index (χ0) is 50.7. The van der Waals surface area contributed by atoms with Crippen molar-refractivity contribution in [2.24, 2.45) is 0 Å². The van der Waals surface area contributed by atoms with Gasteiger partial charge in [-0.2, -0.15) is 12.1 Å². The fourth-order valence-corrected chi connectivity index (χ4v) is 8.42. The zero-order valence-corrected chi connectivity index (χ0v) is 51.0. The first-order valence-electron chi connectivity index (χ1n) is 24.4. The Morgan fingerprint density at radius 2 is 0.652 bits per heavy atom. The van der Waals surface area contributed by atoms with Crippen molar-refractivity contribution in [2.75, 3.05) is 0 Å². The number of halogens is 2. The van der Waals surface area contributed by atoms with Crippen LogP contribution in [-0.4, -0.2) is 9.52 Å². The van der Waals surface area contributed by atoms with Crippen LogP contribution in [0.25, 0.3) is 43.8 Å². The summed E-state index contributed by atoms with van der Waals surface area (Å²) in [6, 6.07) is 33.6. The predicted molar refractivity (Wildman–Crippen MR) is 300 cm³/mol. The van der Waals surface area contributed by atoms with Crippen molar-refractivity contribution in [1.82, 2.24) is 0 Å². The molecule has 6 rings (SSSR count). The summed E-state index contributed by atoms with van der Waals surface area (Å²) < 4.78 is 0. The van der Waals surface area contributed by atoms with Gasteiger partial charge in [-0.3, -0.25) is 0 Å². The number of hydrogen-bond donors (Lipinski definition) is 0. The van der Waals surface area contributed by atoms with Crippen LogP contribution in [0.15, 0.2) is 84.9 Å². The van der Waals surface area contributed by atoms with Crippen molar-refractivity contribution in [3.8, 4) is 22.3 Å². The minimum absolute atomic E-state index is 0.0818. The molecule has 0 unspecified atom stereocenters. The van der Waals surface area contributed by atoms with Crippen LogP contribution < -0.4 is 0 Å². The Bertz CT molecular complexity index is 2270. The molecular formula is C62H88Cl2SiZr. The Kier molecular flexibility index (Phi) is 19.6. The molecule has 0 nitrogen and oxygen atoms in total. The molecule has 6 aromatic carbocycles. The summed E-state index contributed by atoms with van der Waals surface area (Å²) in [5, 5.41) is 5.52. The monoisotopic (exact) mass is 1020 g/mol. The van der Waals surface area contributed by atoms with E-state index in [1.165, 1.54) is 88.3 Å². The van der Waals surface area contributed by atoms with E-state index in [0.717, 1.165) is 9.52 Å². The second-order valence-electron chi connectivity index (χ2n) is 25.5. The minimum atomic E-state index is -0.826. The third-order valence-corrected chi connectivity index (χ3v) is 12.7. The summed E-state index contributed by atoms with van der Waals surface area (Å²) in [6.45, 7) is 55.3. The van der Waals surface area contributed by atoms with Gasteiger partial charge in [0.05, 0.1) is 0 Å². The summed E-state index contributed by atoms with van der Waals surface area (Å²) >= 11 is -0.826. The van der Waals surface area contributed by atoms with Crippen LogP contribution in [-0.2, 0) is 53.3 Å². The maximum atomic E-state index is 4.93. The van der Waals surface area contributed by atoms with Crippen LogP contribution in [0.1, 0.15) is 209 Å². The van der Waals surface area contributed by atoms with Gasteiger partial charge in [-0.25, -0.2) is 0 Å². The molecule has 0 saturated heterocycles. The molecule has 0 aliphatic carbocycles. The summed E-state index contributed by atoms with van der Waals surface area (Å²) in [5.74, 6) is 1.07. The van der Waals surface area contributed by atoms with Gasteiger partial charge in [0.15, 0.2) is 0 Å². The standard InChI is InChI=1S/2C30H41.C2H6Si.2ClH.Zr/c2*1-19(2)21-14-20-12-13-26(30(9,10)11)27(25(20)17-21)22-15-23(28(3,4)5)18-24(16-22)29(6,7)8;1-3-2;;;/h2*12-19H,1-11H3;1-2H3;2*1H;/q2*-1;;;;+4/p-2. The van der Waals surface area contributed by atoms with E-state index >= 15 is 0 Å². The second kappa shape index (κ2) is 22.2. The van der Waals surface area contributed by atoms with Crippen molar-refractivity contribution in [2.45, 2.75) is 210 Å². The average molecular weight is 1020 g/mol. The van der Waals surface area contributed by atoms with Gasteiger partial charge in [0.25, 0.3) is 0 Å². The van der Waals surface area contributed by atoms with E-state index in [2.05, 4.69) is 250 Å². The van der Waals surface area contributed by atoms with Gasteiger partial charge in [0, 0.05) is 9.52 Å². The van der Waals surface area contributed by atoms with E-state index in [9.17, 15) is 0 Å². The van der Waals surface area contributed by atoms with Gasteiger partial charge >= 0.3 is 37.9 Å². The molecule has 0 amide bonds. The third kappa shape index (κ3) is 14.9. The van der Waals surface area contributed by atoms with Gasteiger partial charge in [-0.15, -0.1) is 69.1 Å². The molecule has 6 aromatic rings. The molecule has 66 heavy (non-hydrogen) atoms. The molecular weight excluding hydrogens is 935 g/mol. The van der Waals surface area contributed by atoms with Gasteiger partial charge in [-0.05, 0) is 77.7 Å². The van der Waals surface area contributed by atoms with Crippen molar-refractivity contribution in [1.29, 1.82) is 0 Å². The van der Waals surface area contributed by atoms with Crippen LogP contribution in [0.3, 0.4) is 0 Å². The number of fused-ring (bicyclic) bond motifs is 2. The first kappa shape index (κ1) is 58.1. The quantitative estimate of drug-likeness (QED) is 0.122. The summed E-state index contributed by atoms with van der Waals surface area (Å²) in [6.07, 6.45) is 0. The first-order chi connectivity index (χ1) is 30.0. The molecule has 0 aliphatic rings. The summed E-state index contributed by atoms with van der Waals surface area (Å²) in [5.41, 5.74) is 17.6. The van der Waals surface area contributed by atoms with Crippen LogP contribution in [0, 0.1) is 0 Å². The predicted octanol–water partition coefficient (Wildman–Crippen LogP) is 20.6. The fourth-order valence-electron chi connectivity index (χ4n) is 8.42. The summed E-state index contributed by atoms with van der Waals surface area (Å²) in [7, 11) is 11.0. The van der Waals surface area contributed by atoms with Crippen molar-refractivity contribution in [3.05, 3.63) is 129 Å². The molecule has 0 atom stereocenters. The van der Waals surface area contributed by atoms with Crippen LogP contribution in [0.2, 0.25) is 13.1 Å².